The fourth-order valence-electron chi connectivity index (χ4n) is 4.15. The summed E-state index contributed by atoms with van der Waals surface area (Å²) in [7, 11) is 0. The summed E-state index contributed by atoms with van der Waals surface area (Å²) in [4.78, 5) is 34.8. The molecule has 0 atom stereocenters. The molecule has 2 saturated heterocycles. The second-order valence-electron chi connectivity index (χ2n) is 7.57. The minimum atomic E-state index is 0.231. The van der Waals surface area contributed by atoms with Crippen LogP contribution in [0.25, 0.3) is 0 Å². The standard InChI is InChI=1S/C19H28N4O2S/c24-18(22-5-1-2-6-22)14-20-8-10-23(11-9-20)19(25)15-21-7-3-17-16(13-21)4-12-26-17/h4,12H,1-3,5-11,13-15H2. The summed E-state index contributed by atoms with van der Waals surface area (Å²) in [6.07, 6.45) is 3.33. The van der Waals surface area contributed by atoms with Crippen molar-refractivity contribution in [3.63, 3.8) is 0 Å². The van der Waals surface area contributed by atoms with E-state index < -0.39 is 0 Å². The molecule has 0 N–H and O–H groups in total. The zero-order chi connectivity index (χ0) is 17.9. The Labute approximate surface area is 159 Å². The molecule has 0 unspecified atom stereocenters. The number of thiophene rings is 1. The van der Waals surface area contributed by atoms with E-state index in [1.165, 1.54) is 10.4 Å². The number of amides is 2. The predicted molar refractivity (Wildman–Crippen MR) is 102 cm³/mol. The van der Waals surface area contributed by atoms with Crippen LogP contribution in [0, 0.1) is 0 Å². The van der Waals surface area contributed by atoms with E-state index in [2.05, 4.69) is 21.2 Å². The van der Waals surface area contributed by atoms with E-state index in [0.717, 1.165) is 71.6 Å². The number of fused-ring (bicyclic) bond motifs is 1. The highest BCUT2D eigenvalue weighted by molar-refractivity contribution is 7.10. The summed E-state index contributed by atoms with van der Waals surface area (Å²) >= 11 is 1.83. The Morgan fingerprint density at radius 3 is 2.23 bits per heavy atom. The van der Waals surface area contributed by atoms with Crippen LogP contribution in [0.5, 0.6) is 0 Å². The lowest BCUT2D eigenvalue weighted by atomic mass is 10.1. The third-order valence-corrected chi connectivity index (χ3v) is 6.81. The van der Waals surface area contributed by atoms with Gasteiger partial charge in [-0.1, -0.05) is 0 Å². The van der Waals surface area contributed by atoms with Gasteiger partial charge in [-0.3, -0.25) is 19.4 Å². The molecule has 0 aromatic carbocycles. The van der Waals surface area contributed by atoms with Crippen molar-refractivity contribution in [2.75, 3.05) is 58.9 Å². The molecule has 1 aromatic rings. The molecule has 26 heavy (non-hydrogen) atoms. The smallest absolute Gasteiger partial charge is 0.236 e. The van der Waals surface area contributed by atoms with Crippen LogP contribution in [0.3, 0.4) is 0 Å². The van der Waals surface area contributed by atoms with E-state index in [-0.39, 0.29) is 11.8 Å². The number of piperazine rings is 1. The summed E-state index contributed by atoms with van der Waals surface area (Å²) in [5.41, 5.74) is 1.39. The lowest BCUT2D eigenvalue weighted by Crippen LogP contribution is -2.53. The topological polar surface area (TPSA) is 47.1 Å². The highest BCUT2D eigenvalue weighted by Crippen LogP contribution is 2.23. The van der Waals surface area contributed by atoms with Crippen LogP contribution in [0.2, 0.25) is 0 Å². The molecule has 0 spiro atoms. The van der Waals surface area contributed by atoms with E-state index >= 15 is 0 Å². The van der Waals surface area contributed by atoms with Gasteiger partial charge in [0.05, 0.1) is 13.1 Å². The molecule has 6 nitrogen and oxygen atoms in total. The minimum Gasteiger partial charge on any atom is -0.342 e. The number of carbonyl (C=O) groups excluding carboxylic acids is 2. The first-order valence-electron chi connectivity index (χ1n) is 9.74. The zero-order valence-corrected chi connectivity index (χ0v) is 16.2. The van der Waals surface area contributed by atoms with Crippen molar-refractivity contribution in [3.8, 4) is 0 Å². The highest BCUT2D eigenvalue weighted by atomic mass is 32.1. The van der Waals surface area contributed by atoms with Crippen LogP contribution in [-0.4, -0.2) is 90.3 Å². The Kier molecular flexibility index (Phi) is 5.57. The number of carbonyl (C=O) groups is 2. The fraction of sp³-hybridized carbons (Fsp3) is 0.684. The van der Waals surface area contributed by atoms with Gasteiger partial charge in [-0.25, -0.2) is 0 Å². The second-order valence-corrected chi connectivity index (χ2v) is 8.58. The molecule has 4 heterocycles. The molecule has 4 rings (SSSR count). The molecule has 1 aromatic heterocycles. The molecule has 3 aliphatic heterocycles. The van der Waals surface area contributed by atoms with Gasteiger partial charge in [0.25, 0.3) is 0 Å². The van der Waals surface area contributed by atoms with Gasteiger partial charge in [0.2, 0.25) is 11.8 Å². The average molecular weight is 377 g/mol. The number of nitrogens with zero attached hydrogens (tertiary/aromatic N) is 4. The van der Waals surface area contributed by atoms with Crippen LogP contribution >= 0.6 is 11.3 Å². The lowest BCUT2D eigenvalue weighted by Gasteiger charge is -2.36. The molecule has 0 radical (unpaired) electrons. The van der Waals surface area contributed by atoms with Gasteiger partial charge in [-0.2, -0.15) is 0 Å². The van der Waals surface area contributed by atoms with Crippen molar-refractivity contribution in [2.45, 2.75) is 25.8 Å². The normalized spacial score (nSPS) is 21.8. The SMILES string of the molecule is O=C(CN1CCN(C(=O)CN2CCc3sccc3C2)CC1)N1CCCC1. The summed E-state index contributed by atoms with van der Waals surface area (Å²) in [6, 6.07) is 2.19. The number of hydrogen-bond acceptors (Lipinski definition) is 5. The fourth-order valence-corrected chi connectivity index (χ4v) is 5.04. The Morgan fingerprint density at radius 1 is 0.846 bits per heavy atom. The summed E-state index contributed by atoms with van der Waals surface area (Å²) < 4.78 is 0. The van der Waals surface area contributed by atoms with Crippen LogP contribution in [-0.2, 0) is 22.6 Å². The van der Waals surface area contributed by atoms with Crippen molar-refractivity contribution in [1.82, 2.24) is 19.6 Å². The third kappa shape index (κ3) is 4.10. The Hall–Kier alpha value is -1.44. The molecule has 0 bridgehead atoms. The van der Waals surface area contributed by atoms with Crippen molar-refractivity contribution >= 4 is 23.2 Å². The molecule has 0 saturated carbocycles. The van der Waals surface area contributed by atoms with Crippen LogP contribution in [0.4, 0.5) is 0 Å². The quantitative estimate of drug-likeness (QED) is 0.783. The van der Waals surface area contributed by atoms with Gasteiger partial charge in [0, 0.05) is 57.2 Å². The minimum absolute atomic E-state index is 0.231. The number of rotatable bonds is 4. The maximum Gasteiger partial charge on any atom is 0.236 e. The molecular formula is C19H28N4O2S. The monoisotopic (exact) mass is 376 g/mol. The van der Waals surface area contributed by atoms with Gasteiger partial charge in [0.15, 0.2) is 0 Å². The molecule has 2 amide bonds. The summed E-state index contributed by atoms with van der Waals surface area (Å²) in [6.45, 7) is 7.82. The first-order valence-corrected chi connectivity index (χ1v) is 10.6. The Bertz CT molecular complexity index is 648. The van der Waals surface area contributed by atoms with E-state index in [4.69, 9.17) is 0 Å². The van der Waals surface area contributed by atoms with Gasteiger partial charge in [0.1, 0.15) is 0 Å². The number of hydrogen-bond donors (Lipinski definition) is 0. The van der Waals surface area contributed by atoms with Gasteiger partial charge in [-0.15, -0.1) is 11.3 Å². The maximum atomic E-state index is 12.6. The summed E-state index contributed by atoms with van der Waals surface area (Å²) in [5, 5.41) is 2.15. The number of likely N-dealkylation sites (tertiary alicyclic amines) is 1. The lowest BCUT2D eigenvalue weighted by molar-refractivity contribution is -0.135. The van der Waals surface area contributed by atoms with Crippen LogP contribution < -0.4 is 0 Å². The maximum absolute atomic E-state index is 12.6. The van der Waals surface area contributed by atoms with Crippen molar-refractivity contribution in [1.29, 1.82) is 0 Å². The van der Waals surface area contributed by atoms with Crippen LogP contribution in [0.1, 0.15) is 23.3 Å². The van der Waals surface area contributed by atoms with Gasteiger partial charge < -0.3 is 9.80 Å². The molecule has 7 heteroatoms. The van der Waals surface area contributed by atoms with Crippen LogP contribution in [0.15, 0.2) is 11.4 Å². The van der Waals surface area contributed by atoms with Crippen molar-refractivity contribution < 1.29 is 9.59 Å². The van der Waals surface area contributed by atoms with Crippen molar-refractivity contribution in [3.05, 3.63) is 21.9 Å². The first-order chi connectivity index (χ1) is 12.7. The molecular weight excluding hydrogens is 348 g/mol. The second kappa shape index (κ2) is 8.06. The zero-order valence-electron chi connectivity index (χ0n) is 15.4. The Morgan fingerprint density at radius 2 is 1.50 bits per heavy atom. The molecule has 142 valence electrons. The first kappa shape index (κ1) is 17.9. The molecule has 2 fully saturated rings. The van der Waals surface area contributed by atoms with Gasteiger partial charge in [-0.05, 0) is 36.3 Å². The average Bonchev–Trinajstić information content (AvgIpc) is 3.33. The van der Waals surface area contributed by atoms with E-state index in [1.807, 2.05) is 21.1 Å². The van der Waals surface area contributed by atoms with Crippen molar-refractivity contribution in [2.24, 2.45) is 0 Å². The highest BCUT2D eigenvalue weighted by Gasteiger charge is 2.27. The largest absolute Gasteiger partial charge is 0.342 e. The molecule has 3 aliphatic rings. The predicted octanol–water partition coefficient (Wildman–Crippen LogP) is 0.873. The third-order valence-electron chi connectivity index (χ3n) is 5.79. The van der Waals surface area contributed by atoms with E-state index in [0.29, 0.717) is 13.1 Å². The summed E-state index contributed by atoms with van der Waals surface area (Å²) in [5.74, 6) is 0.483. The van der Waals surface area contributed by atoms with E-state index in [9.17, 15) is 9.59 Å². The van der Waals surface area contributed by atoms with Gasteiger partial charge >= 0.3 is 0 Å². The Balaban J connectivity index is 1.20. The van der Waals surface area contributed by atoms with E-state index in [1.54, 1.807) is 0 Å². The molecule has 0 aliphatic carbocycles.